The van der Waals surface area contributed by atoms with Crippen molar-refractivity contribution in [2.24, 2.45) is 0 Å². The van der Waals surface area contributed by atoms with E-state index in [1.54, 1.807) is 53.4 Å². The van der Waals surface area contributed by atoms with Crippen molar-refractivity contribution in [1.82, 2.24) is 10.2 Å². The minimum atomic E-state index is -4.01. The predicted molar refractivity (Wildman–Crippen MR) is 118 cm³/mol. The molecule has 0 unspecified atom stereocenters. The maximum absolute atomic E-state index is 12.7. The maximum atomic E-state index is 12.7. The Morgan fingerprint density at radius 3 is 2.61 bits per heavy atom. The first-order chi connectivity index (χ1) is 14.8. The van der Waals surface area contributed by atoms with Gasteiger partial charge in [0, 0.05) is 24.2 Å². The van der Waals surface area contributed by atoms with Crippen molar-refractivity contribution in [3.8, 4) is 0 Å². The van der Waals surface area contributed by atoms with Crippen molar-refractivity contribution in [3.63, 3.8) is 0 Å². The van der Waals surface area contributed by atoms with Crippen molar-refractivity contribution >= 4 is 49.7 Å². The van der Waals surface area contributed by atoms with Crippen molar-refractivity contribution in [2.45, 2.75) is 24.1 Å². The van der Waals surface area contributed by atoms with E-state index in [-0.39, 0.29) is 15.4 Å². The summed E-state index contributed by atoms with van der Waals surface area (Å²) in [4.78, 5) is 25.9. The summed E-state index contributed by atoms with van der Waals surface area (Å²) in [5.74, 6) is -0.394. The number of nitrogens with zero attached hydrogens (tertiary/aromatic N) is 3. The molecule has 4 rings (SSSR count). The first-order valence-corrected chi connectivity index (χ1v) is 11.8. The van der Waals surface area contributed by atoms with E-state index >= 15 is 0 Å². The van der Waals surface area contributed by atoms with E-state index in [9.17, 15) is 18.0 Å². The number of aromatic nitrogens is 2. The van der Waals surface area contributed by atoms with Gasteiger partial charge in [-0.25, -0.2) is 0 Å². The standard InChI is InChI=1S/C20H19N5O4S2/c1-13-7-9-14(10-8-13)18(27)21-19-22-23-20(30-19)31(28,29)24-15-4-2-5-16(12-15)25-11-3-6-17(25)26/h2,4-5,7-10,12,24H,3,6,11H2,1H3,(H,21,22,27). The lowest BCUT2D eigenvalue weighted by atomic mass is 10.1. The van der Waals surface area contributed by atoms with Crippen LogP contribution in [0.2, 0.25) is 0 Å². The number of hydrogen-bond donors (Lipinski definition) is 2. The lowest BCUT2D eigenvalue weighted by Gasteiger charge is -2.16. The number of hydrogen-bond acceptors (Lipinski definition) is 7. The van der Waals surface area contributed by atoms with Gasteiger partial charge in [-0.05, 0) is 43.7 Å². The third-order valence-electron chi connectivity index (χ3n) is 4.65. The normalized spacial score (nSPS) is 14.0. The van der Waals surface area contributed by atoms with E-state index in [1.165, 1.54) is 0 Å². The highest BCUT2D eigenvalue weighted by Gasteiger charge is 2.24. The Morgan fingerprint density at radius 2 is 1.90 bits per heavy atom. The zero-order valence-electron chi connectivity index (χ0n) is 16.5. The molecule has 0 bridgehead atoms. The van der Waals surface area contributed by atoms with E-state index in [4.69, 9.17) is 0 Å². The predicted octanol–water partition coefficient (Wildman–Crippen LogP) is 3.03. The van der Waals surface area contributed by atoms with Gasteiger partial charge < -0.3 is 4.90 Å². The van der Waals surface area contributed by atoms with Gasteiger partial charge in [0.15, 0.2) is 0 Å². The molecule has 2 amide bonds. The molecule has 1 aliphatic heterocycles. The van der Waals surface area contributed by atoms with Crippen LogP contribution in [0.25, 0.3) is 0 Å². The molecule has 1 saturated heterocycles. The molecule has 1 aliphatic rings. The third kappa shape index (κ3) is 4.72. The van der Waals surface area contributed by atoms with E-state index in [0.717, 1.165) is 23.3 Å². The fourth-order valence-corrected chi connectivity index (χ4v) is 5.05. The van der Waals surface area contributed by atoms with E-state index in [0.29, 0.717) is 29.9 Å². The van der Waals surface area contributed by atoms with Crippen molar-refractivity contribution in [1.29, 1.82) is 0 Å². The van der Waals surface area contributed by atoms with Crippen LogP contribution >= 0.6 is 11.3 Å². The molecule has 2 aromatic carbocycles. The Bertz CT molecular complexity index is 1240. The van der Waals surface area contributed by atoms with Crippen molar-refractivity contribution < 1.29 is 18.0 Å². The topological polar surface area (TPSA) is 121 Å². The smallest absolute Gasteiger partial charge is 0.291 e. The molecule has 0 radical (unpaired) electrons. The summed E-state index contributed by atoms with van der Waals surface area (Å²) < 4.78 is 27.6. The van der Waals surface area contributed by atoms with E-state index < -0.39 is 15.9 Å². The monoisotopic (exact) mass is 457 g/mol. The van der Waals surface area contributed by atoms with Crippen LogP contribution in [0.1, 0.15) is 28.8 Å². The molecular formula is C20H19N5O4S2. The molecule has 0 saturated carbocycles. The zero-order chi connectivity index (χ0) is 22.0. The average Bonchev–Trinajstić information content (AvgIpc) is 3.38. The summed E-state index contributed by atoms with van der Waals surface area (Å²) in [5.41, 5.74) is 2.38. The molecule has 160 valence electrons. The Hall–Kier alpha value is -3.31. The Balaban J connectivity index is 1.47. The number of benzene rings is 2. The second-order valence-electron chi connectivity index (χ2n) is 7.00. The summed E-state index contributed by atoms with van der Waals surface area (Å²) >= 11 is 0.746. The minimum Gasteiger partial charge on any atom is -0.312 e. The van der Waals surface area contributed by atoms with Crippen LogP contribution in [0.15, 0.2) is 52.9 Å². The zero-order valence-corrected chi connectivity index (χ0v) is 18.2. The number of nitrogens with one attached hydrogen (secondary N) is 2. The van der Waals surface area contributed by atoms with Gasteiger partial charge >= 0.3 is 0 Å². The Kier molecular flexibility index (Phi) is 5.70. The summed E-state index contributed by atoms with van der Waals surface area (Å²) in [6, 6.07) is 13.6. The van der Waals surface area contributed by atoms with Gasteiger partial charge in [-0.2, -0.15) is 8.42 Å². The van der Waals surface area contributed by atoms with Gasteiger partial charge in [-0.1, -0.05) is 35.1 Å². The number of carbonyl (C=O) groups is 2. The number of anilines is 3. The number of amides is 2. The van der Waals surface area contributed by atoms with Crippen molar-refractivity contribution in [3.05, 3.63) is 59.7 Å². The average molecular weight is 458 g/mol. The van der Waals surface area contributed by atoms with Crippen molar-refractivity contribution in [2.75, 3.05) is 21.5 Å². The summed E-state index contributed by atoms with van der Waals surface area (Å²) in [6.07, 6.45) is 1.26. The first kappa shape index (κ1) is 20.9. The summed E-state index contributed by atoms with van der Waals surface area (Å²) in [7, 11) is -4.01. The lowest BCUT2D eigenvalue weighted by Crippen LogP contribution is -2.23. The Morgan fingerprint density at radius 1 is 1.13 bits per heavy atom. The minimum absolute atomic E-state index is 0.0121. The summed E-state index contributed by atoms with van der Waals surface area (Å²) in [6.45, 7) is 2.52. The number of carbonyl (C=O) groups excluding carboxylic acids is 2. The van der Waals surface area contributed by atoms with Gasteiger partial charge in [0.2, 0.25) is 11.0 Å². The molecule has 1 aromatic heterocycles. The molecule has 31 heavy (non-hydrogen) atoms. The molecule has 2 heterocycles. The number of rotatable bonds is 6. The van der Waals surface area contributed by atoms with Gasteiger partial charge in [0.05, 0.1) is 5.69 Å². The Labute approximate surface area is 183 Å². The molecule has 1 fully saturated rings. The highest BCUT2D eigenvalue weighted by molar-refractivity contribution is 7.94. The fraction of sp³-hybridized carbons (Fsp3) is 0.200. The van der Waals surface area contributed by atoms with Gasteiger partial charge in [-0.15, -0.1) is 10.2 Å². The maximum Gasteiger partial charge on any atom is 0.291 e. The number of sulfonamides is 1. The van der Waals surface area contributed by atoms with Gasteiger partial charge in [-0.3, -0.25) is 19.6 Å². The lowest BCUT2D eigenvalue weighted by molar-refractivity contribution is -0.117. The second-order valence-corrected chi connectivity index (χ2v) is 9.83. The van der Waals surface area contributed by atoms with Crippen LogP contribution in [-0.2, 0) is 14.8 Å². The largest absolute Gasteiger partial charge is 0.312 e. The van der Waals surface area contributed by atoms with Crippen LogP contribution in [-0.4, -0.2) is 37.0 Å². The van der Waals surface area contributed by atoms with Crippen LogP contribution < -0.4 is 14.9 Å². The first-order valence-electron chi connectivity index (χ1n) is 9.47. The molecule has 3 aromatic rings. The van der Waals surface area contributed by atoms with E-state index in [1.807, 2.05) is 6.92 Å². The molecular weight excluding hydrogens is 438 g/mol. The third-order valence-corrected chi connectivity index (χ3v) is 7.24. The van der Waals surface area contributed by atoms with Crippen LogP contribution in [0.4, 0.5) is 16.5 Å². The van der Waals surface area contributed by atoms with Crippen LogP contribution in [0.3, 0.4) is 0 Å². The molecule has 0 atom stereocenters. The fourth-order valence-electron chi connectivity index (χ4n) is 3.10. The van der Waals surface area contributed by atoms with Gasteiger partial charge in [0.25, 0.3) is 20.3 Å². The van der Waals surface area contributed by atoms with Gasteiger partial charge in [0.1, 0.15) is 0 Å². The molecule has 2 N–H and O–H groups in total. The van der Waals surface area contributed by atoms with Crippen LogP contribution in [0, 0.1) is 6.92 Å². The molecule has 0 aliphatic carbocycles. The molecule has 9 nitrogen and oxygen atoms in total. The highest BCUT2D eigenvalue weighted by Crippen LogP contribution is 2.27. The SMILES string of the molecule is Cc1ccc(C(=O)Nc2nnc(S(=O)(=O)Nc3cccc(N4CCCC4=O)c3)s2)cc1. The quantitative estimate of drug-likeness (QED) is 0.549. The van der Waals surface area contributed by atoms with Crippen LogP contribution in [0.5, 0.6) is 0 Å². The van der Waals surface area contributed by atoms with E-state index in [2.05, 4.69) is 20.2 Å². The molecule has 0 spiro atoms. The summed E-state index contributed by atoms with van der Waals surface area (Å²) in [5, 5.41) is 10.1. The molecule has 11 heteroatoms. The second kappa shape index (κ2) is 8.44. The number of aryl methyl sites for hydroxylation is 1. The highest BCUT2D eigenvalue weighted by atomic mass is 32.2.